The fourth-order valence-corrected chi connectivity index (χ4v) is 1.44. The number of nitrogens with one attached hydrogen (secondary N) is 2. The Kier molecular flexibility index (Phi) is 6.84. The van der Waals surface area contributed by atoms with E-state index in [-0.39, 0.29) is 19.4 Å². The highest BCUT2D eigenvalue weighted by molar-refractivity contribution is 5.83. The monoisotopic (exact) mass is 275 g/mol. The summed E-state index contributed by atoms with van der Waals surface area (Å²) in [5, 5.41) is 13.8. The zero-order valence-electron chi connectivity index (χ0n) is 11.4. The first kappa shape index (κ1) is 17.2. The smallest absolute Gasteiger partial charge is 0.326 e. The molecule has 8 heteroatoms. The second kappa shape index (κ2) is 7.57. The Morgan fingerprint density at radius 2 is 1.95 bits per heavy atom. The van der Waals surface area contributed by atoms with Gasteiger partial charge < -0.3 is 26.2 Å². The van der Waals surface area contributed by atoms with Gasteiger partial charge in [0.15, 0.2) is 0 Å². The molecule has 0 aromatic rings. The van der Waals surface area contributed by atoms with Crippen LogP contribution in [-0.2, 0) is 14.3 Å². The average molecular weight is 275 g/mol. The Morgan fingerprint density at radius 3 is 2.37 bits per heavy atom. The molecule has 0 unspecified atom stereocenters. The number of primary amides is 1. The van der Waals surface area contributed by atoms with Gasteiger partial charge in [-0.1, -0.05) is 0 Å². The zero-order valence-corrected chi connectivity index (χ0v) is 11.4. The number of carbonyl (C=O) groups is 3. The van der Waals surface area contributed by atoms with Gasteiger partial charge in [-0.05, 0) is 20.3 Å². The molecule has 0 radical (unpaired) electrons. The van der Waals surface area contributed by atoms with Crippen molar-refractivity contribution in [3.05, 3.63) is 0 Å². The van der Waals surface area contributed by atoms with Crippen LogP contribution in [-0.4, -0.2) is 48.3 Å². The molecular weight excluding hydrogens is 254 g/mol. The van der Waals surface area contributed by atoms with Crippen LogP contribution in [0.4, 0.5) is 4.79 Å². The van der Waals surface area contributed by atoms with E-state index >= 15 is 0 Å². The van der Waals surface area contributed by atoms with E-state index in [1.54, 1.807) is 13.8 Å². The van der Waals surface area contributed by atoms with E-state index < -0.39 is 29.5 Å². The maximum Gasteiger partial charge on any atom is 0.326 e. The molecule has 19 heavy (non-hydrogen) atoms. The summed E-state index contributed by atoms with van der Waals surface area (Å²) >= 11 is 0. The van der Waals surface area contributed by atoms with Crippen LogP contribution in [0.25, 0.3) is 0 Å². The van der Waals surface area contributed by atoms with E-state index in [1.165, 1.54) is 7.11 Å². The molecule has 0 aliphatic carbocycles. The van der Waals surface area contributed by atoms with Gasteiger partial charge in [0.2, 0.25) is 5.91 Å². The third-order valence-corrected chi connectivity index (χ3v) is 2.24. The number of rotatable bonds is 8. The molecule has 0 spiro atoms. The minimum absolute atomic E-state index is 0.0528. The molecule has 0 aliphatic heterocycles. The maximum atomic E-state index is 11.6. The van der Waals surface area contributed by atoms with Crippen LogP contribution in [0.2, 0.25) is 0 Å². The van der Waals surface area contributed by atoms with Gasteiger partial charge in [0.25, 0.3) is 0 Å². The zero-order chi connectivity index (χ0) is 15.1. The number of hydrogen-bond donors (Lipinski definition) is 4. The van der Waals surface area contributed by atoms with Crippen molar-refractivity contribution in [2.45, 2.75) is 38.3 Å². The topological polar surface area (TPSA) is 131 Å². The van der Waals surface area contributed by atoms with Gasteiger partial charge in [-0.25, -0.2) is 9.59 Å². The van der Waals surface area contributed by atoms with E-state index in [1.807, 2.05) is 0 Å². The second-order valence-corrected chi connectivity index (χ2v) is 4.81. The molecule has 3 amide bonds. The number of methoxy groups -OCH3 is 1. The third-order valence-electron chi connectivity index (χ3n) is 2.24. The molecule has 0 aliphatic rings. The minimum atomic E-state index is -1.22. The van der Waals surface area contributed by atoms with Crippen LogP contribution in [0.1, 0.15) is 26.7 Å². The van der Waals surface area contributed by atoms with Gasteiger partial charge >= 0.3 is 12.0 Å². The molecule has 0 aromatic carbocycles. The van der Waals surface area contributed by atoms with Crippen molar-refractivity contribution < 1.29 is 24.2 Å². The lowest BCUT2D eigenvalue weighted by molar-refractivity contribution is -0.139. The van der Waals surface area contributed by atoms with E-state index in [0.29, 0.717) is 0 Å². The van der Waals surface area contributed by atoms with Gasteiger partial charge in [0.1, 0.15) is 6.04 Å². The van der Waals surface area contributed by atoms with Crippen LogP contribution in [0.15, 0.2) is 0 Å². The van der Waals surface area contributed by atoms with Gasteiger partial charge in [-0.3, -0.25) is 4.79 Å². The molecule has 0 rings (SSSR count). The quantitative estimate of drug-likeness (QED) is 0.471. The summed E-state index contributed by atoms with van der Waals surface area (Å²) in [7, 11) is 1.49. The summed E-state index contributed by atoms with van der Waals surface area (Å²) in [4.78, 5) is 33.2. The fourth-order valence-electron chi connectivity index (χ4n) is 1.44. The highest BCUT2D eigenvalue weighted by atomic mass is 16.5. The van der Waals surface area contributed by atoms with Crippen LogP contribution in [0.5, 0.6) is 0 Å². The Bertz CT molecular complexity index is 343. The van der Waals surface area contributed by atoms with Crippen molar-refractivity contribution in [3.8, 4) is 0 Å². The first-order valence-electron chi connectivity index (χ1n) is 5.76. The molecule has 0 fully saturated rings. The molecule has 0 saturated heterocycles. The Balaban J connectivity index is 4.39. The largest absolute Gasteiger partial charge is 0.480 e. The van der Waals surface area contributed by atoms with E-state index in [4.69, 9.17) is 15.6 Å². The number of carboxylic acids is 1. The fraction of sp³-hybridized carbons (Fsp3) is 0.727. The predicted molar refractivity (Wildman–Crippen MR) is 67.5 cm³/mol. The van der Waals surface area contributed by atoms with Crippen LogP contribution in [0.3, 0.4) is 0 Å². The molecule has 0 bridgehead atoms. The Labute approximate surface area is 111 Å². The van der Waals surface area contributed by atoms with Crippen molar-refractivity contribution in [2.75, 3.05) is 13.7 Å². The molecular formula is C11H21N3O5. The molecule has 8 nitrogen and oxygen atoms in total. The summed E-state index contributed by atoms with van der Waals surface area (Å²) in [6.07, 6.45) is -0.165. The maximum absolute atomic E-state index is 11.6. The summed E-state index contributed by atoms with van der Waals surface area (Å²) in [5.41, 5.74) is 4.30. The van der Waals surface area contributed by atoms with Gasteiger partial charge in [0, 0.05) is 13.5 Å². The number of ether oxygens (including phenoxy) is 1. The average Bonchev–Trinajstić information content (AvgIpc) is 2.22. The number of nitrogens with two attached hydrogens (primary N) is 1. The van der Waals surface area contributed by atoms with Crippen molar-refractivity contribution in [2.24, 2.45) is 5.73 Å². The third kappa shape index (κ3) is 7.98. The molecule has 1 atom stereocenters. The number of urea groups is 1. The Hall–Kier alpha value is -1.83. The number of carbonyl (C=O) groups excluding carboxylic acids is 2. The highest BCUT2D eigenvalue weighted by Gasteiger charge is 2.24. The van der Waals surface area contributed by atoms with Gasteiger partial charge in [-0.15, -0.1) is 0 Å². The lowest BCUT2D eigenvalue weighted by Crippen LogP contribution is -2.54. The number of aliphatic carboxylic acids is 1. The standard InChI is InChI=1S/C11H21N3O5/c1-11(2,6-19-3)14-10(18)13-7(9(16)17)4-5-8(12)15/h7H,4-6H2,1-3H3,(H2,12,15)(H,16,17)(H2,13,14,18)/t7-/m1/s1. The van der Waals surface area contributed by atoms with E-state index in [2.05, 4.69) is 10.6 Å². The van der Waals surface area contributed by atoms with Gasteiger partial charge in [-0.2, -0.15) is 0 Å². The Morgan fingerprint density at radius 1 is 1.37 bits per heavy atom. The first-order chi connectivity index (χ1) is 8.68. The van der Waals surface area contributed by atoms with Gasteiger partial charge in [0.05, 0.1) is 12.1 Å². The van der Waals surface area contributed by atoms with Crippen molar-refractivity contribution in [1.29, 1.82) is 0 Å². The highest BCUT2D eigenvalue weighted by Crippen LogP contribution is 2.03. The second-order valence-electron chi connectivity index (χ2n) is 4.81. The predicted octanol–water partition coefficient (Wildman–Crippen LogP) is -0.571. The minimum Gasteiger partial charge on any atom is -0.480 e. The van der Waals surface area contributed by atoms with Crippen LogP contribution in [0, 0.1) is 0 Å². The van der Waals surface area contributed by atoms with Crippen molar-refractivity contribution >= 4 is 17.9 Å². The lowest BCUT2D eigenvalue weighted by Gasteiger charge is -2.26. The van der Waals surface area contributed by atoms with Crippen molar-refractivity contribution in [3.63, 3.8) is 0 Å². The molecule has 0 saturated carbocycles. The number of hydrogen-bond acceptors (Lipinski definition) is 4. The normalized spacial score (nSPS) is 12.6. The molecule has 5 N–H and O–H groups in total. The summed E-state index contributed by atoms with van der Waals surface area (Å²) < 4.78 is 4.92. The number of amides is 3. The first-order valence-corrected chi connectivity index (χ1v) is 5.76. The lowest BCUT2D eigenvalue weighted by atomic mass is 10.1. The summed E-state index contributed by atoms with van der Waals surface area (Å²) in [5.74, 6) is -1.84. The molecule has 0 heterocycles. The van der Waals surface area contributed by atoms with E-state index in [9.17, 15) is 14.4 Å². The van der Waals surface area contributed by atoms with Crippen LogP contribution >= 0.6 is 0 Å². The summed E-state index contributed by atoms with van der Waals surface area (Å²) in [6, 6.07) is -1.80. The summed E-state index contributed by atoms with van der Waals surface area (Å²) in [6.45, 7) is 3.74. The SMILES string of the molecule is COCC(C)(C)NC(=O)N[C@H](CCC(N)=O)C(=O)O. The number of carboxylic acid groups (broad SMARTS) is 1. The van der Waals surface area contributed by atoms with Crippen LogP contribution < -0.4 is 16.4 Å². The van der Waals surface area contributed by atoms with Crippen molar-refractivity contribution in [1.82, 2.24) is 10.6 Å². The van der Waals surface area contributed by atoms with E-state index in [0.717, 1.165) is 0 Å². The molecule has 110 valence electrons. The molecule has 0 aromatic heterocycles.